The number of carbonyl (C=O) groups is 1. The minimum Gasteiger partial charge on any atom is -0.369 e. The van der Waals surface area contributed by atoms with Crippen LogP contribution < -0.4 is 10.2 Å². The van der Waals surface area contributed by atoms with Gasteiger partial charge in [-0.3, -0.25) is 9.69 Å². The first-order valence-electron chi connectivity index (χ1n) is 12.0. The van der Waals surface area contributed by atoms with E-state index in [9.17, 15) is 4.79 Å². The van der Waals surface area contributed by atoms with Gasteiger partial charge in [0, 0.05) is 50.8 Å². The monoisotopic (exact) mass is 422 g/mol. The largest absolute Gasteiger partial charge is 0.369 e. The number of anilines is 1. The average Bonchev–Trinajstić information content (AvgIpc) is 3.35. The Morgan fingerprint density at radius 2 is 1.71 bits per heavy atom. The zero-order valence-electron chi connectivity index (χ0n) is 19.3. The zero-order valence-corrected chi connectivity index (χ0v) is 19.3. The van der Waals surface area contributed by atoms with Gasteiger partial charge < -0.3 is 14.8 Å². The first-order valence-corrected chi connectivity index (χ1v) is 12.0. The summed E-state index contributed by atoms with van der Waals surface area (Å²) in [5, 5.41) is 3.27. The number of aryl methyl sites for hydroxylation is 2. The number of hydrogen-bond donors (Lipinski definition) is 1. The van der Waals surface area contributed by atoms with Crippen LogP contribution in [0.2, 0.25) is 0 Å². The number of nitrogens with zero attached hydrogens (tertiary/aromatic N) is 3. The molecule has 31 heavy (non-hydrogen) atoms. The highest BCUT2D eigenvalue weighted by Gasteiger charge is 2.40. The van der Waals surface area contributed by atoms with Gasteiger partial charge in [-0.15, -0.1) is 0 Å². The van der Waals surface area contributed by atoms with Crippen molar-refractivity contribution in [3.05, 3.63) is 53.9 Å². The summed E-state index contributed by atoms with van der Waals surface area (Å²) in [6.45, 7) is 10.5. The van der Waals surface area contributed by atoms with Gasteiger partial charge in [0.25, 0.3) is 0 Å². The Labute approximate surface area is 187 Å². The van der Waals surface area contributed by atoms with E-state index in [1.54, 1.807) is 0 Å². The van der Waals surface area contributed by atoms with Crippen LogP contribution in [0.15, 0.2) is 42.7 Å². The van der Waals surface area contributed by atoms with Crippen molar-refractivity contribution in [2.45, 2.75) is 57.9 Å². The van der Waals surface area contributed by atoms with Crippen LogP contribution in [0.5, 0.6) is 0 Å². The van der Waals surface area contributed by atoms with Crippen LogP contribution >= 0.6 is 0 Å². The summed E-state index contributed by atoms with van der Waals surface area (Å²) in [6.07, 6.45) is 10.5. The van der Waals surface area contributed by atoms with Crippen LogP contribution in [-0.2, 0) is 10.3 Å². The van der Waals surface area contributed by atoms with Crippen molar-refractivity contribution >= 4 is 11.6 Å². The van der Waals surface area contributed by atoms with E-state index in [1.165, 1.54) is 23.2 Å². The topological polar surface area (TPSA) is 40.5 Å². The van der Waals surface area contributed by atoms with Gasteiger partial charge in [0.1, 0.15) is 5.54 Å². The lowest BCUT2D eigenvalue weighted by Gasteiger charge is -2.38. The van der Waals surface area contributed by atoms with E-state index in [0.29, 0.717) is 0 Å². The zero-order chi connectivity index (χ0) is 21.7. The number of rotatable bonds is 7. The van der Waals surface area contributed by atoms with E-state index in [2.05, 4.69) is 64.1 Å². The van der Waals surface area contributed by atoms with Gasteiger partial charge in [0.05, 0.1) is 0 Å². The molecule has 2 aromatic rings. The fourth-order valence-electron chi connectivity index (χ4n) is 5.30. The lowest BCUT2D eigenvalue weighted by atomic mass is 9.80. The molecule has 1 saturated carbocycles. The van der Waals surface area contributed by atoms with Gasteiger partial charge in [-0.25, -0.2) is 0 Å². The van der Waals surface area contributed by atoms with Crippen molar-refractivity contribution in [2.75, 3.05) is 44.2 Å². The van der Waals surface area contributed by atoms with Gasteiger partial charge in [-0.05, 0) is 69.0 Å². The lowest BCUT2D eigenvalue weighted by Crippen LogP contribution is -2.50. The second kappa shape index (κ2) is 9.90. The molecule has 168 valence electrons. The van der Waals surface area contributed by atoms with Gasteiger partial charge in [0.15, 0.2) is 0 Å². The van der Waals surface area contributed by atoms with E-state index >= 15 is 0 Å². The predicted molar refractivity (Wildman–Crippen MR) is 128 cm³/mol. The smallest absolute Gasteiger partial charge is 0.246 e. The minimum absolute atomic E-state index is 0.211. The SMILES string of the molecule is Cc1ccc(C)c(N2CCN(CCCNC(=O)C3(n4cccc4)CCCCC3)CC2)c1. The summed E-state index contributed by atoms with van der Waals surface area (Å²) in [5.41, 5.74) is 3.70. The maximum Gasteiger partial charge on any atom is 0.246 e. The normalized spacial score (nSPS) is 19.4. The van der Waals surface area contributed by atoms with Crippen molar-refractivity contribution in [3.8, 4) is 0 Å². The molecule has 2 aliphatic rings. The standard InChI is InChI=1S/C26H38N4O/c1-22-9-10-23(2)24(21-22)29-19-17-28(18-20-29)14-8-13-27-25(31)26(11-4-3-5-12-26)30-15-6-7-16-30/h6-7,9-10,15-16,21H,3-5,8,11-14,17-20H2,1-2H3,(H,27,31). The molecule has 1 aromatic carbocycles. The molecule has 1 aromatic heterocycles. The summed E-state index contributed by atoms with van der Waals surface area (Å²) in [7, 11) is 0. The maximum absolute atomic E-state index is 13.2. The molecule has 1 aliphatic carbocycles. The van der Waals surface area contributed by atoms with Crippen LogP contribution in [0.25, 0.3) is 0 Å². The number of hydrogen-bond acceptors (Lipinski definition) is 3. The molecule has 0 spiro atoms. The quantitative estimate of drug-likeness (QED) is 0.683. The maximum atomic E-state index is 13.2. The number of benzene rings is 1. The third kappa shape index (κ3) is 4.98. The highest BCUT2D eigenvalue weighted by atomic mass is 16.2. The van der Waals surface area contributed by atoms with Crippen LogP contribution in [0.3, 0.4) is 0 Å². The number of piperazine rings is 1. The third-order valence-electron chi connectivity index (χ3n) is 7.22. The molecular formula is C26H38N4O. The molecule has 1 saturated heterocycles. The molecule has 1 amide bonds. The van der Waals surface area contributed by atoms with E-state index in [4.69, 9.17) is 0 Å². The van der Waals surface area contributed by atoms with Gasteiger partial charge in [0.2, 0.25) is 5.91 Å². The van der Waals surface area contributed by atoms with Gasteiger partial charge in [-0.2, -0.15) is 0 Å². The number of aromatic nitrogens is 1. The third-order valence-corrected chi connectivity index (χ3v) is 7.22. The molecular weight excluding hydrogens is 384 g/mol. The predicted octanol–water partition coefficient (Wildman–Crippen LogP) is 4.09. The average molecular weight is 423 g/mol. The fourth-order valence-corrected chi connectivity index (χ4v) is 5.30. The van der Waals surface area contributed by atoms with Crippen LogP contribution in [0.1, 0.15) is 49.7 Å². The fraction of sp³-hybridized carbons (Fsp3) is 0.577. The Morgan fingerprint density at radius 3 is 2.42 bits per heavy atom. The molecule has 1 aliphatic heterocycles. The Hall–Kier alpha value is -2.27. The minimum atomic E-state index is -0.376. The Morgan fingerprint density at radius 1 is 1.00 bits per heavy atom. The number of amides is 1. The molecule has 2 heterocycles. The van der Waals surface area contributed by atoms with E-state index < -0.39 is 0 Å². The second-order valence-corrected chi connectivity index (χ2v) is 9.41. The van der Waals surface area contributed by atoms with E-state index in [1.807, 2.05) is 12.1 Å². The van der Waals surface area contributed by atoms with Gasteiger partial charge >= 0.3 is 0 Å². The van der Waals surface area contributed by atoms with Gasteiger partial charge in [-0.1, -0.05) is 31.4 Å². The van der Waals surface area contributed by atoms with Crippen molar-refractivity contribution < 1.29 is 4.79 Å². The summed E-state index contributed by atoms with van der Waals surface area (Å²) in [5.74, 6) is 0.211. The summed E-state index contributed by atoms with van der Waals surface area (Å²) < 4.78 is 2.15. The molecule has 5 heteroatoms. The Bertz CT molecular complexity index is 846. The van der Waals surface area contributed by atoms with Crippen LogP contribution in [0.4, 0.5) is 5.69 Å². The molecule has 1 N–H and O–H groups in total. The summed E-state index contributed by atoms with van der Waals surface area (Å²) >= 11 is 0. The number of carbonyl (C=O) groups excluding carboxylic acids is 1. The molecule has 2 fully saturated rings. The van der Waals surface area contributed by atoms with Crippen molar-refractivity contribution in [1.82, 2.24) is 14.8 Å². The van der Waals surface area contributed by atoms with Crippen molar-refractivity contribution in [1.29, 1.82) is 0 Å². The number of nitrogens with one attached hydrogen (secondary N) is 1. The van der Waals surface area contributed by atoms with Crippen LogP contribution in [0, 0.1) is 13.8 Å². The molecule has 5 nitrogen and oxygen atoms in total. The molecule has 0 bridgehead atoms. The van der Waals surface area contributed by atoms with E-state index in [-0.39, 0.29) is 11.4 Å². The summed E-state index contributed by atoms with van der Waals surface area (Å²) in [4.78, 5) is 18.2. The van der Waals surface area contributed by atoms with E-state index in [0.717, 1.165) is 71.4 Å². The molecule has 4 rings (SSSR count). The second-order valence-electron chi connectivity index (χ2n) is 9.41. The molecule has 0 radical (unpaired) electrons. The highest BCUT2D eigenvalue weighted by Crippen LogP contribution is 2.35. The molecule has 0 atom stereocenters. The first-order chi connectivity index (χ1) is 15.1. The van der Waals surface area contributed by atoms with Crippen molar-refractivity contribution in [2.24, 2.45) is 0 Å². The first kappa shape index (κ1) is 21.9. The highest BCUT2D eigenvalue weighted by molar-refractivity contribution is 5.84. The molecule has 0 unspecified atom stereocenters. The lowest BCUT2D eigenvalue weighted by molar-refractivity contribution is -0.131. The summed E-state index contributed by atoms with van der Waals surface area (Å²) in [6, 6.07) is 10.8. The Kier molecular flexibility index (Phi) is 7.01. The van der Waals surface area contributed by atoms with Crippen molar-refractivity contribution in [3.63, 3.8) is 0 Å². The van der Waals surface area contributed by atoms with Crippen LogP contribution in [-0.4, -0.2) is 54.6 Å². The Balaban J connectivity index is 1.22.